The van der Waals surface area contributed by atoms with Crippen LogP contribution in [0.3, 0.4) is 0 Å². The summed E-state index contributed by atoms with van der Waals surface area (Å²) in [5, 5.41) is 16.8. The van der Waals surface area contributed by atoms with Crippen molar-refractivity contribution in [3.05, 3.63) is 52.9 Å². The number of aliphatic hydroxyl groups excluding tert-OH is 1. The monoisotopic (exact) mass is 481 g/mol. The Bertz CT molecular complexity index is 1290. The van der Waals surface area contributed by atoms with Gasteiger partial charge in [0.25, 0.3) is 5.91 Å². The van der Waals surface area contributed by atoms with Gasteiger partial charge in [-0.25, -0.2) is 4.39 Å². The first kappa shape index (κ1) is 22.5. The van der Waals surface area contributed by atoms with Crippen LogP contribution in [0.15, 0.2) is 36.4 Å². The molecule has 9 nitrogen and oxygen atoms in total. The third-order valence-corrected chi connectivity index (χ3v) is 6.88. The van der Waals surface area contributed by atoms with Gasteiger partial charge in [0.15, 0.2) is 0 Å². The molecule has 3 N–H and O–H groups in total. The highest BCUT2D eigenvalue weighted by molar-refractivity contribution is 7.90. The van der Waals surface area contributed by atoms with Crippen molar-refractivity contribution in [1.29, 1.82) is 0 Å². The molecule has 0 atom stereocenters. The third-order valence-electron chi connectivity index (χ3n) is 4.98. The zero-order chi connectivity index (χ0) is 23.0. The van der Waals surface area contributed by atoms with Gasteiger partial charge in [-0.1, -0.05) is 11.6 Å². The maximum atomic E-state index is 13.4. The van der Waals surface area contributed by atoms with Crippen LogP contribution in [0.5, 0.6) is 0 Å². The van der Waals surface area contributed by atoms with E-state index in [2.05, 4.69) is 15.1 Å². The summed E-state index contributed by atoms with van der Waals surface area (Å²) >= 11 is 5.77. The van der Waals surface area contributed by atoms with Crippen molar-refractivity contribution in [3.8, 4) is 0 Å². The van der Waals surface area contributed by atoms with E-state index in [4.69, 9.17) is 11.6 Å². The molecule has 1 aliphatic carbocycles. The summed E-state index contributed by atoms with van der Waals surface area (Å²) in [6, 6.07) is 8.45. The van der Waals surface area contributed by atoms with E-state index in [1.165, 1.54) is 16.8 Å². The van der Waals surface area contributed by atoms with Gasteiger partial charge in [-0.3, -0.25) is 13.8 Å². The van der Waals surface area contributed by atoms with E-state index in [1.54, 1.807) is 25.2 Å². The Hall–Kier alpha value is -2.73. The van der Waals surface area contributed by atoms with Crippen LogP contribution < -0.4 is 14.3 Å². The van der Waals surface area contributed by atoms with Crippen LogP contribution in [0.25, 0.3) is 10.9 Å². The van der Waals surface area contributed by atoms with E-state index in [1.807, 2.05) is 0 Å². The molecule has 1 aromatic heterocycles. The first-order chi connectivity index (χ1) is 15.2. The predicted octanol–water partition coefficient (Wildman–Crippen LogP) is 2.41. The van der Waals surface area contributed by atoms with Gasteiger partial charge in [0.2, 0.25) is 0 Å². The summed E-state index contributed by atoms with van der Waals surface area (Å²) in [5.41, 5.74) is 1.27. The van der Waals surface area contributed by atoms with Crippen molar-refractivity contribution in [1.82, 2.24) is 14.5 Å². The number of fused-ring (bicyclic) bond motifs is 1. The van der Waals surface area contributed by atoms with Crippen molar-refractivity contribution in [2.45, 2.75) is 18.9 Å². The average Bonchev–Trinajstić information content (AvgIpc) is 3.46. The van der Waals surface area contributed by atoms with E-state index in [-0.39, 0.29) is 29.9 Å². The van der Waals surface area contributed by atoms with Crippen molar-refractivity contribution >= 4 is 50.0 Å². The Balaban J connectivity index is 1.65. The quantitative estimate of drug-likeness (QED) is 0.457. The smallest absolute Gasteiger partial charge is 0.301 e. The normalized spacial score (nSPS) is 14.0. The van der Waals surface area contributed by atoms with E-state index in [0.717, 1.165) is 23.2 Å². The Morgan fingerprint density at radius 3 is 2.72 bits per heavy atom. The minimum atomic E-state index is -3.84. The Labute approximate surface area is 189 Å². The summed E-state index contributed by atoms with van der Waals surface area (Å²) in [6.07, 6.45) is 1.56. The van der Waals surface area contributed by atoms with Gasteiger partial charge >= 0.3 is 10.2 Å². The zero-order valence-corrected chi connectivity index (χ0v) is 18.6. The molecule has 4 rings (SSSR count). The standard InChI is InChI=1S/C20H21ClFN5O4S/c1-26-19(20(29)23-13-4-7-17(22)16(21)10-13)15-6-5-14(11-18(15)24-26)27(8-9-28)32(30,31)25-12-2-3-12/h4-7,10-12,25,28H,2-3,8-9H2,1H3,(H,23,29). The number of aryl methyl sites for hydroxylation is 1. The maximum absolute atomic E-state index is 13.4. The zero-order valence-electron chi connectivity index (χ0n) is 17.0. The largest absolute Gasteiger partial charge is 0.394 e. The molecular weight excluding hydrogens is 461 g/mol. The van der Waals surface area contributed by atoms with Crippen LogP contribution in [0, 0.1) is 5.82 Å². The Morgan fingerprint density at radius 2 is 2.06 bits per heavy atom. The van der Waals surface area contributed by atoms with Crippen molar-refractivity contribution < 1.29 is 22.7 Å². The van der Waals surface area contributed by atoms with Crippen LogP contribution in [0.1, 0.15) is 23.3 Å². The lowest BCUT2D eigenvalue weighted by atomic mass is 10.1. The lowest BCUT2D eigenvalue weighted by Crippen LogP contribution is -2.43. The Morgan fingerprint density at radius 1 is 1.31 bits per heavy atom. The highest BCUT2D eigenvalue weighted by atomic mass is 35.5. The Kier molecular flexibility index (Phi) is 6.08. The van der Waals surface area contributed by atoms with Crippen molar-refractivity contribution in [3.63, 3.8) is 0 Å². The molecule has 2 aromatic carbocycles. The molecule has 0 bridgehead atoms. The van der Waals surface area contributed by atoms with Crippen LogP contribution in [-0.4, -0.2) is 48.4 Å². The van der Waals surface area contributed by atoms with Crippen LogP contribution in [-0.2, 0) is 17.3 Å². The molecule has 3 aromatic rings. The number of amides is 1. The van der Waals surface area contributed by atoms with Crippen molar-refractivity contribution in [2.75, 3.05) is 22.8 Å². The number of carbonyl (C=O) groups is 1. The summed E-state index contributed by atoms with van der Waals surface area (Å²) in [4.78, 5) is 12.9. The molecule has 1 aliphatic rings. The number of nitrogens with zero attached hydrogens (tertiary/aromatic N) is 3. The second kappa shape index (κ2) is 8.66. The van der Waals surface area contributed by atoms with E-state index < -0.39 is 21.9 Å². The van der Waals surface area contributed by atoms with Gasteiger partial charge in [-0.05, 0) is 49.2 Å². The number of aromatic nitrogens is 2. The predicted molar refractivity (Wildman–Crippen MR) is 120 cm³/mol. The molecule has 1 fully saturated rings. The number of anilines is 2. The van der Waals surface area contributed by atoms with Gasteiger partial charge in [-0.15, -0.1) is 0 Å². The fraction of sp³-hybridized carbons (Fsp3) is 0.300. The topological polar surface area (TPSA) is 117 Å². The van der Waals surface area contributed by atoms with Gasteiger partial charge < -0.3 is 10.4 Å². The summed E-state index contributed by atoms with van der Waals surface area (Å²) in [5.74, 6) is -1.08. The lowest BCUT2D eigenvalue weighted by molar-refractivity contribution is 0.101. The number of aliphatic hydroxyl groups is 1. The number of hydrogen-bond acceptors (Lipinski definition) is 5. The number of nitrogens with one attached hydrogen (secondary N) is 2. The molecule has 1 saturated carbocycles. The molecule has 0 aliphatic heterocycles. The summed E-state index contributed by atoms with van der Waals surface area (Å²) < 4.78 is 43.9. The molecule has 0 radical (unpaired) electrons. The second-order valence-corrected chi connectivity index (χ2v) is 9.48. The minimum Gasteiger partial charge on any atom is -0.394 e. The van der Waals surface area contributed by atoms with Gasteiger partial charge in [0.1, 0.15) is 11.5 Å². The molecule has 0 unspecified atom stereocenters. The number of rotatable bonds is 8. The van der Waals surface area contributed by atoms with Crippen molar-refractivity contribution in [2.24, 2.45) is 7.05 Å². The third kappa shape index (κ3) is 4.56. The summed E-state index contributed by atoms with van der Waals surface area (Å²) in [7, 11) is -2.26. The molecule has 1 amide bonds. The van der Waals surface area contributed by atoms with E-state index in [0.29, 0.717) is 22.3 Å². The molecule has 0 spiro atoms. The first-order valence-corrected chi connectivity index (χ1v) is 11.7. The average molecular weight is 482 g/mol. The van der Waals surface area contributed by atoms with Gasteiger partial charge in [0.05, 0.1) is 29.4 Å². The molecule has 32 heavy (non-hydrogen) atoms. The number of hydrogen-bond donors (Lipinski definition) is 3. The first-order valence-electron chi connectivity index (χ1n) is 9.83. The van der Waals surface area contributed by atoms with Gasteiger partial charge in [0, 0.05) is 24.2 Å². The molecule has 0 saturated heterocycles. The highest BCUT2D eigenvalue weighted by Gasteiger charge is 2.31. The molecule has 1 heterocycles. The van der Waals surface area contributed by atoms with E-state index >= 15 is 0 Å². The lowest BCUT2D eigenvalue weighted by Gasteiger charge is -2.23. The maximum Gasteiger partial charge on any atom is 0.301 e. The highest BCUT2D eigenvalue weighted by Crippen LogP contribution is 2.28. The number of carbonyl (C=O) groups excluding carboxylic acids is 1. The number of benzene rings is 2. The molecule has 170 valence electrons. The minimum absolute atomic E-state index is 0.0879. The summed E-state index contributed by atoms with van der Waals surface area (Å²) in [6.45, 7) is -0.487. The number of halogens is 2. The van der Waals surface area contributed by atoms with Gasteiger partial charge in [-0.2, -0.15) is 18.2 Å². The van der Waals surface area contributed by atoms with Crippen LogP contribution in [0.4, 0.5) is 15.8 Å². The SMILES string of the molecule is Cn1nc2cc(N(CCO)S(=O)(=O)NC3CC3)ccc2c1C(=O)Nc1ccc(F)c(Cl)c1. The van der Waals surface area contributed by atoms with Crippen LogP contribution >= 0.6 is 11.6 Å². The van der Waals surface area contributed by atoms with Crippen LogP contribution in [0.2, 0.25) is 5.02 Å². The second-order valence-electron chi connectivity index (χ2n) is 7.45. The molecular formula is C20H21ClFN5O4S. The van der Waals surface area contributed by atoms with E-state index in [9.17, 15) is 22.7 Å². The fourth-order valence-electron chi connectivity index (χ4n) is 3.33. The fourth-order valence-corrected chi connectivity index (χ4v) is 5.01. The molecule has 12 heteroatoms.